The SMILES string of the molecule is COc1ccc(F)cc1NC(=O)C(C)NC(=O)c1ccccc1F. The van der Waals surface area contributed by atoms with Crippen LogP contribution in [0.4, 0.5) is 14.5 Å². The third-order valence-corrected chi connectivity index (χ3v) is 3.28. The summed E-state index contributed by atoms with van der Waals surface area (Å²) in [6.45, 7) is 1.43. The van der Waals surface area contributed by atoms with E-state index in [-0.39, 0.29) is 17.0 Å². The number of benzene rings is 2. The van der Waals surface area contributed by atoms with Gasteiger partial charge in [-0.3, -0.25) is 9.59 Å². The molecule has 2 rings (SSSR count). The molecule has 0 saturated heterocycles. The number of hydrogen-bond acceptors (Lipinski definition) is 3. The Hall–Kier alpha value is -2.96. The number of carbonyl (C=O) groups is 2. The molecule has 2 aromatic carbocycles. The van der Waals surface area contributed by atoms with E-state index < -0.39 is 29.5 Å². The van der Waals surface area contributed by atoms with E-state index in [0.717, 1.165) is 12.1 Å². The van der Waals surface area contributed by atoms with Crippen LogP contribution in [-0.2, 0) is 4.79 Å². The van der Waals surface area contributed by atoms with Gasteiger partial charge in [-0.05, 0) is 31.2 Å². The normalized spacial score (nSPS) is 11.5. The van der Waals surface area contributed by atoms with Crippen LogP contribution >= 0.6 is 0 Å². The summed E-state index contributed by atoms with van der Waals surface area (Å²) in [5, 5.41) is 4.84. The Morgan fingerprint density at radius 2 is 1.83 bits per heavy atom. The molecule has 0 fully saturated rings. The highest BCUT2D eigenvalue weighted by Crippen LogP contribution is 2.24. The van der Waals surface area contributed by atoms with Crippen LogP contribution in [0.15, 0.2) is 42.5 Å². The Bertz CT molecular complexity index is 765. The zero-order valence-electron chi connectivity index (χ0n) is 13.1. The Kier molecular flexibility index (Phi) is 5.47. The van der Waals surface area contributed by atoms with E-state index in [1.807, 2.05) is 0 Å². The molecule has 0 aliphatic heterocycles. The molecule has 2 N–H and O–H groups in total. The lowest BCUT2D eigenvalue weighted by atomic mass is 10.2. The molecule has 126 valence electrons. The number of rotatable bonds is 5. The number of methoxy groups -OCH3 is 1. The molecule has 0 spiro atoms. The number of amides is 2. The van der Waals surface area contributed by atoms with Gasteiger partial charge in [-0.1, -0.05) is 12.1 Å². The van der Waals surface area contributed by atoms with E-state index in [4.69, 9.17) is 4.74 Å². The lowest BCUT2D eigenvalue weighted by Crippen LogP contribution is -2.41. The van der Waals surface area contributed by atoms with Crippen molar-refractivity contribution in [3.05, 3.63) is 59.7 Å². The molecule has 0 aromatic heterocycles. The molecule has 0 radical (unpaired) electrons. The summed E-state index contributed by atoms with van der Waals surface area (Å²) in [7, 11) is 1.38. The Morgan fingerprint density at radius 1 is 1.12 bits per heavy atom. The molecule has 0 saturated carbocycles. The van der Waals surface area contributed by atoms with Crippen molar-refractivity contribution < 1.29 is 23.1 Å². The summed E-state index contributed by atoms with van der Waals surface area (Å²) < 4.78 is 31.9. The molecule has 1 atom stereocenters. The highest BCUT2D eigenvalue weighted by Gasteiger charge is 2.19. The van der Waals surface area contributed by atoms with E-state index in [1.54, 1.807) is 0 Å². The fourth-order valence-electron chi connectivity index (χ4n) is 2.00. The van der Waals surface area contributed by atoms with Gasteiger partial charge in [-0.25, -0.2) is 8.78 Å². The highest BCUT2D eigenvalue weighted by molar-refractivity contribution is 6.01. The summed E-state index contributed by atoms with van der Waals surface area (Å²) in [5.74, 6) is -2.27. The summed E-state index contributed by atoms with van der Waals surface area (Å²) in [5.41, 5.74) is -0.0324. The van der Waals surface area contributed by atoms with Gasteiger partial charge in [0.05, 0.1) is 18.4 Å². The van der Waals surface area contributed by atoms with Gasteiger partial charge in [-0.2, -0.15) is 0 Å². The first kappa shape index (κ1) is 17.4. The minimum Gasteiger partial charge on any atom is -0.495 e. The lowest BCUT2D eigenvalue weighted by molar-refractivity contribution is -0.117. The quantitative estimate of drug-likeness (QED) is 0.883. The Balaban J connectivity index is 2.06. The molecule has 7 heteroatoms. The predicted octanol–water partition coefficient (Wildman–Crippen LogP) is 2.73. The second-order valence-corrected chi connectivity index (χ2v) is 5.01. The molecule has 0 aliphatic carbocycles. The number of anilines is 1. The number of hydrogen-bond donors (Lipinski definition) is 2. The van der Waals surface area contributed by atoms with Crippen LogP contribution < -0.4 is 15.4 Å². The zero-order valence-corrected chi connectivity index (χ0v) is 13.1. The molecule has 5 nitrogen and oxygen atoms in total. The van der Waals surface area contributed by atoms with Gasteiger partial charge in [0.25, 0.3) is 5.91 Å². The van der Waals surface area contributed by atoms with E-state index >= 15 is 0 Å². The third-order valence-electron chi connectivity index (χ3n) is 3.28. The van der Waals surface area contributed by atoms with Gasteiger partial charge in [-0.15, -0.1) is 0 Å². The average Bonchev–Trinajstić information content (AvgIpc) is 2.55. The lowest BCUT2D eigenvalue weighted by Gasteiger charge is -2.16. The molecular formula is C17H16F2N2O3. The number of halogens is 2. The monoisotopic (exact) mass is 334 g/mol. The molecule has 24 heavy (non-hydrogen) atoms. The molecule has 0 bridgehead atoms. The van der Waals surface area contributed by atoms with Gasteiger partial charge in [0.2, 0.25) is 5.91 Å². The van der Waals surface area contributed by atoms with Gasteiger partial charge in [0.1, 0.15) is 23.4 Å². The predicted molar refractivity (Wildman–Crippen MR) is 84.9 cm³/mol. The first-order chi connectivity index (χ1) is 11.4. The molecule has 0 aliphatic rings. The van der Waals surface area contributed by atoms with Crippen molar-refractivity contribution in [1.29, 1.82) is 0 Å². The summed E-state index contributed by atoms with van der Waals surface area (Å²) >= 11 is 0. The Labute approximate surface area is 137 Å². The van der Waals surface area contributed by atoms with Crippen LogP contribution in [0, 0.1) is 11.6 Å². The largest absolute Gasteiger partial charge is 0.495 e. The van der Waals surface area contributed by atoms with Crippen LogP contribution in [0.1, 0.15) is 17.3 Å². The van der Waals surface area contributed by atoms with Crippen molar-refractivity contribution in [3.8, 4) is 5.75 Å². The maximum absolute atomic E-state index is 13.6. The number of ether oxygens (including phenoxy) is 1. The fourth-order valence-corrected chi connectivity index (χ4v) is 2.00. The third kappa shape index (κ3) is 4.07. The first-order valence-electron chi connectivity index (χ1n) is 7.12. The maximum atomic E-state index is 13.6. The minimum absolute atomic E-state index is 0.134. The second kappa shape index (κ2) is 7.54. The van der Waals surface area contributed by atoms with Crippen LogP contribution in [0.3, 0.4) is 0 Å². The van der Waals surface area contributed by atoms with E-state index in [2.05, 4.69) is 10.6 Å². The molecular weight excluding hydrogens is 318 g/mol. The standard InChI is InChI=1S/C17H16F2N2O3/c1-10(20-17(23)12-5-3-4-6-13(12)19)16(22)21-14-9-11(18)7-8-15(14)24-2/h3-10H,1-2H3,(H,20,23)(H,21,22). The van der Waals surface area contributed by atoms with E-state index in [9.17, 15) is 18.4 Å². The molecule has 2 aromatic rings. The van der Waals surface area contributed by atoms with Crippen molar-refractivity contribution in [1.82, 2.24) is 5.32 Å². The van der Waals surface area contributed by atoms with Crippen LogP contribution in [-0.4, -0.2) is 25.0 Å². The maximum Gasteiger partial charge on any atom is 0.254 e. The van der Waals surface area contributed by atoms with Crippen LogP contribution in [0.25, 0.3) is 0 Å². The molecule has 2 amide bonds. The van der Waals surface area contributed by atoms with Crippen LogP contribution in [0.5, 0.6) is 5.75 Å². The minimum atomic E-state index is -0.968. The van der Waals surface area contributed by atoms with Crippen molar-refractivity contribution in [2.75, 3.05) is 12.4 Å². The van der Waals surface area contributed by atoms with Gasteiger partial charge in [0.15, 0.2) is 0 Å². The number of nitrogens with one attached hydrogen (secondary N) is 2. The fraction of sp³-hybridized carbons (Fsp3) is 0.176. The van der Waals surface area contributed by atoms with Crippen molar-refractivity contribution in [3.63, 3.8) is 0 Å². The molecule has 1 unspecified atom stereocenters. The zero-order chi connectivity index (χ0) is 17.7. The summed E-state index contributed by atoms with van der Waals surface area (Å²) in [6, 6.07) is 8.12. The van der Waals surface area contributed by atoms with Gasteiger partial charge < -0.3 is 15.4 Å². The van der Waals surface area contributed by atoms with Gasteiger partial charge >= 0.3 is 0 Å². The Morgan fingerprint density at radius 3 is 2.50 bits per heavy atom. The topological polar surface area (TPSA) is 67.4 Å². The molecule has 0 heterocycles. The van der Waals surface area contributed by atoms with E-state index in [1.165, 1.54) is 44.4 Å². The van der Waals surface area contributed by atoms with Crippen molar-refractivity contribution >= 4 is 17.5 Å². The first-order valence-corrected chi connectivity index (χ1v) is 7.12. The number of carbonyl (C=O) groups excluding carboxylic acids is 2. The second-order valence-electron chi connectivity index (χ2n) is 5.01. The van der Waals surface area contributed by atoms with Gasteiger partial charge in [0, 0.05) is 6.07 Å². The summed E-state index contributed by atoms with van der Waals surface area (Å²) in [4.78, 5) is 24.1. The van der Waals surface area contributed by atoms with Crippen molar-refractivity contribution in [2.45, 2.75) is 13.0 Å². The summed E-state index contributed by atoms with van der Waals surface area (Å²) in [6.07, 6.45) is 0. The highest BCUT2D eigenvalue weighted by atomic mass is 19.1. The smallest absolute Gasteiger partial charge is 0.254 e. The van der Waals surface area contributed by atoms with Crippen molar-refractivity contribution in [2.24, 2.45) is 0 Å². The average molecular weight is 334 g/mol. The van der Waals surface area contributed by atoms with E-state index in [0.29, 0.717) is 0 Å². The van der Waals surface area contributed by atoms with Crippen LogP contribution in [0.2, 0.25) is 0 Å².